The Morgan fingerprint density at radius 2 is 2.07 bits per heavy atom. The number of nitrogens with zero attached hydrogens (tertiary/aromatic N) is 3. The van der Waals surface area contributed by atoms with E-state index < -0.39 is 0 Å². The first-order valence-corrected chi connectivity index (χ1v) is 10.9. The number of allylic oxidation sites excluding steroid dienone is 2. The highest BCUT2D eigenvalue weighted by molar-refractivity contribution is 5.92. The van der Waals surface area contributed by atoms with Gasteiger partial charge in [0.1, 0.15) is 11.3 Å². The van der Waals surface area contributed by atoms with Gasteiger partial charge in [-0.05, 0) is 56.4 Å². The van der Waals surface area contributed by atoms with E-state index in [4.69, 9.17) is 5.41 Å². The van der Waals surface area contributed by atoms with Gasteiger partial charge in [0.25, 0.3) is 0 Å². The van der Waals surface area contributed by atoms with Crippen molar-refractivity contribution in [1.29, 1.82) is 5.41 Å². The predicted molar refractivity (Wildman–Crippen MR) is 122 cm³/mol. The van der Waals surface area contributed by atoms with Gasteiger partial charge in [-0.15, -0.1) is 0 Å². The van der Waals surface area contributed by atoms with Crippen LogP contribution in [0.25, 0.3) is 11.0 Å². The average molecular weight is 408 g/mol. The molecule has 2 aliphatic carbocycles. The number of hydrogen-bond acceptors (Lipinski definition) is 4. The fourth-order valence-corrected chi connectivity index (χ4v) is 4.55. The number of aryl methyl sites for hydroxylation is 1. The largest absolute Gasteiger partial charge is 0.393 e. The standard InChI is InChI=1S/C24H33N5O/c1-15-5-6-18(13-27-20-11-21(30)12-20)10-19(15)14-28-16(2)9-23-22(28)7-8-24(25)29(23)17(3)26-4/h5-10,15,19-21,25,27,30H,11-14H2,1-4H3. The minimum Gasteiger partial charge on any atom is -0.393 e. The van der Waals surface area contributed by atoms with Gasteiger partial charge in [0.15, 0.2) is 0 Å². The first-order valence-electron chi connectivity index (χ1n) is 10.9. The van der Waals surface area contributed by atoms with Crippen LogP contribution in [0.15, 0.2) is 47.0 Å². The fourth-order valence-electron chi connectivity index (χ4n) is 4.55. The summed E-state index contributed by atoms with van der Waals surface area (Å²) in [5.74, 6) is 1.71. The van der Waals surface area contributed by atoms with Crippen LogP contribution in [0.1, 0.15) is 32.4 Å². The molecule has 0 spiro atoms. The van der Waals surface area contributed by atoms with Crippen molar-refractivity contribution in [2.24, 2.45) is 16.8 Å². The highest BCUT2D eigenvalue weighted by Gasteiger charge is 2.27. The van der Waals surface area contributed by atoms with E-state index in [1.54, 1.807) is 7.05 Å². The van der Waals surface area contributed by atoms with E-state index in [0.29, 0.717) is 23.4 Å². The van der Waals surface area contributed by atoms with Crippen LogP contribution in [0.3, 0.4) is 0 Å². The van der Waals surface area contributed by atoms with Crippen molar-refractivity contribution in [3.63, 3.8) is 0 Å². The van der Waals surface area contributed by atoms with Crippen LogP contribution in [-0.4, -0.2) is 45.8 Å². The zero-order valence-electron chi connectivity index (χ0n) is 18.4. The minimum absolute atomic E-state index is 0.121. The monoisotopic (exact) mass is 407 g/mol. The number of fused-ring (bicyclic) bond motifs is 1. The Labute approximate surface area is 178 Å². The zero-order valence-corrected chi connectivity index (χ0v) is 18.4. The molecular weight excluding hydrogens is 374 g/mol. The molecule has 6 heteroatoms. The predicted octanol–water partition coefficient (Wildman–Crippen LogP) is 2.99. The first-order chi connectivity index (χ1) is 14.4. The first kappa shape index (κ1) is 20.8. The second-order valence-electron chi connectivity index (χ2n) is 8.82. The maximum atomic E-state index is 9.48. The molecule has 4 rings (SSSR count). The third-order valence-electron chi connectivity index (χ3n) is 6.67. The van der Waals surface area contributed by atoms with Crippen molar-refractivity contribution >= 4 is 16.9 Å². The summed E-state index contributed by atoms with van der Waals surface area (Å²) in [5.41, 5.74) is 5.16. The number of nitrogens with one attached hydrogen (secondary N) is 2. The van der Waals surface area contributed by atoms with E-state index in [1.165, 1.54) is 11.3 Å². The summed E-state index contributed by atoms with van der Waals surface area (Å²) in [6.45, 7) is 8.13. The molecule has 6 nitrogen and oxygen atoms in total. The lowest BCUT2D eigenvalue weighted by Gasteiger charge is -2.33. The Hall–Kier alpha value is -2.44. The molecule has 30 heavy (non-hydrogen) atoms. The quantitative estimate of drug-likeness (QED) is 0.526. The second-order valence-corrected chi connectivity index (χ2v) is 8.82. The summed E-state index contributed by atoms with van der Waals surface area (Å²) in [7, 11) is 1.77. The fraction of sp³-hybridized carbons (Fsp3) is 0.500. The second kappa shape index (κ2) is 8.36. The van der Waals surface area contributed by atoms with E-state index >= 15 is 0 Å². The van der Waals surface area contributed by atoms with E-state index in [9.17, 15) is 5.11 Å². The molecule has 2 heterocycles. The normalized spacial score (nSPS) is 26.7. The van der Waals surface area contributed by atoms with Crippen LogP contribution in [0, 0.1) is 24.2 Å². The van der Waals surface area contributed by atoms with Crippen molar-refractivity contribution in [3.05, 3.63) is 53.2 Å². The van der Waals surface area contributed by atoms with Gasteiger partial charge in [-0.25, -0.2) is 0 Å². The molecule has 0 bridgehead atoms. The molecular formula is C24H33N5O. The molecule has 0 radical (unpaired) electrons. The maximum absolute atomic E-state index is 9.48. The van der Waals surface area contributed by atoms with Gasteiger partial charge in [-0.3, -0.25) is 15.0 Å². The Morgan fingerprint density at radius 3 is 2.77 bits per heavy atom. The summed E-state index contributed by atoms with van der Waals surface area (Å²) in [6, 6.07) is 6.52. The van der Waals surface area contributed by atoms with E-state index in [0.717, 1.165) is 42.8 Å². The van der Waals surface area contributed by atoms with Crippen molar-refractivity contribution in [1.82, 2.24) is 14.5 Å². The van der Waals surface area contributed by atoms with Gasteiger partial charge in [0, 0.05) is 37.8 Å². The molecule has 2 atom stereocenters. The summed E-state index contributed by atoms with van der Waals surface area (Å²) in [5, 5.41) is 21.4. The summed E-state index contributed by atoms with van der Waals surface area (Å²) < 4.78 is 4.29. The highest BCUT2D eigenvalue weighted by Crippen LogP contribution is 2.28. The molecule has 160 valence electrons. The number of aromatic nitrogens is 2. The van der Waals surface area contributed by atoms with Crippen molar-refractivity contribution in [2.75, 3.05) is 13.6 Å². The summed E-state index contributed by atoms with van der Waals surface area (Å²) >= 11 is 0. The van der Waals surface area contributed by atoms with Gasteiger partial charge in [0.05, 0.1) is 17.1 Å². The van der Waals surface area contributed by atoms with E-state index in [1.807, 2.05) is 17.6 Å². The van der Waals surface area contributed by atoms with Gasteiger partial charge in [0.2, 0.25) is 0 Å². The van der Waals surface area contributed by atoms with Crippen molar-refractivity contribution in [3.8, 4) is 0 Å². The number of aliphatic imine (C=N–C) groups is 1. The third kappa shape index (κ3) is 3.94. The van der Waals surface area contributed by atoms with Crippen LogP contribution in [-0.2, 0) is 6.54 Å². The van der Waals surface area contributed by atoms with E-state index in [2.05, 4.69) is 59.1 Å². The molecule has 0 aliphatic heterocycles. The minimum atomic E-state index is -0.121. The SMILES string of the molecule is CN=C(C)n1c(=N)ccc2c1cc(C)n2CC1C=C(CNC2CC(O)C2)C=CC1C. The number of pyridine rings is 1. The Morgan fingerprint density at radius 1 is 1.30 bits per heavy atom. The number of aliphatic hydroxyl groups is 1. The number of hydrogen-bond donors (Lipinski definition) is 3. The Bertz CT molecular complexity index is 1080. The molecule has 1 saturated carbocycles. The zero-order chi connectivity index (χ0) is 21.4. The third-order valence-corrected chi connectivity index (χ3v) is 6.67. The topological polar surface area (TPSA) is 78.3 Å². The van der Waals surface area contributed by atoms with Gasteiger partial charge in [-0.1, -0.05) is 25.2 Å². The molecule has 0 aromatic carbocycles. The molecule has 0 saturated heterocycles. The maximum Gasteiger partial charge on any atom is 0.130 e. The number of rotatable bonds is 5. The number of aliphatic hydroxyl groups excluding tert-OH is 1. The molecule has 0 amide bonds. The van der Waals surface area contributed by atoms with Crippen LogP contribution in [0.2, 0.25) is 0 Å². The lowest BCUT2D eigenvalue weighted by molar-refractivity contribution is 0.0638. The Kier molecular flexibility index (Phi) is 5.80. The van der Waals surface area contributed by atoms with Crippen LogP contribution < -0.4 is 10.8 Å². The lowest BCUT2D eigenvalue weighted by atomic mass is 9.86. The smallest absolute Gasteiger partial charge is 0.130 e. The molecule has 3 N–H and O–H groups in total. The molecule has 2 aliphatic rings. The van der Waals surface area contributed by atoms with Crippen molar-refractivity contribution in [2.45, 2.75) is 52.3 Å². The summed E-state index contributed by atoms with van der Waals surface area (Å²) in [4.78, 5) is 4.31. The molecule has 2 aromatic rings. The van der Waals surface area contributed by atoms with Gasteiger partial charge < -0.3 is 15.0 Å². The molecule has 1 fully saturated rings. The lowest BCUT2D eigenvalue weighted by Crippen LogP contribution is -2.44. The van der Waals surface area contributed by atoms with Crippen LogP contribution >= 0.6 is 0 Å². The molecule has 2 unspecified atom stereocenters. The van der Waals surface area contributed by atoms with Crippen molar-refractivity contribution < 1.29 is 5.11 Å². The van der Waals surface area contributed by atoms with Gasteiger partial charge >= 0.3 is 0 Å². The van der Waals surface area contributed by atoms with Gasteiger partial charge in [-0.2, -0.15) is 0 Å². The van der Waals surface area contributed by atoms with E-state index in [-0.39, 0.29) is 6.10 Å². The average Bonchev–Trinajstić information content (AvgIpc) is 3.01. The van der Waals surface area contributed by atoms with Crippen LogP contribution in [0.5, 0.6) is 0 Å². The summed E-state index contributed by atoms with van der Waals surface area (Å²) in [6.07, 6.45) is 8.57. The molecule has 2 aromatic heterocycles. The Balaban J connectivity index is 1.59. The van der Waals surface area contributed by atoms with Crippen LogP contribution in [0.4, 0.5) is 0 Å². The highest BCUT2D eigenvalue weighted by atomic mass is 16.3.